The molecule has 3 aromatic rings. The van der Waals surface area contributed by atoms with Crippen LogP contribution in [0, 0.1) is 20.8 Å². The van der Waals surface area contributed by atoms with Gasteiger partial charge in [-0.05, 0) is 56.7 Å². The van der Waals surface area contributed by atoms with E-state index < -0.39 is 16.0 Å². The predicted octanol–water partition coefficient (Wildman–Crippen LogP) is 3.77. The first kappa shape index (κ1) is 18.7. The van der Waals surface area contributed by atoms with Crippen molar-refractivity contribution in [1.29, 1.82) is 0 Å². The molecule has 1 aromatic heterocycles. The third-order valence-corrected chi connectivity index (χ3v) is 5.52. The lowest BCUT2D eigenvalue weighted by Gasteiger charge is -2.10. The molecule has 7 nitrogen and oxygen atoms in total. The largest absolute Gasteiger partial charge is 0.478 e. The Balaban J connectivity index is 1.94. The van der Waals surface area contributed by atoms with Crippen LogP contribution in [0.4, 0.5) is 5.69 Å². The highest BCUT2D eigenvalue weighted by atomic mass is 32.2. The molecule has 0 fully saturated rings. The molecule has 140 valence electrons. The number of carboxylic acids is 1. The molecule has 2 aromatic carbocycles. The second-order valence-electron chi connectivity index (χ2n) is 6.13. The lowest BCUT2D eigenvalue weighted by molar-refractivity contribution is 0.0696. The molecule has 0 radical (unpaired) electrons. The zero-order valence-corrected chi connectivity index (χ0v) is 15.8. The molecule has 8 heteroatoms. The molecule has 2 N–H and O–H groups in total. The molecule has 0 unspecified atom stereocenters. The Morgan fingerprint density at radius 3 is 2.48 bits per heavy atom. The number of oxazole rings is 1. The number of aromatic carboxylic acids is 1. The molecule has 0 atom stereocenters. The second kappa shape index (κ2) is 6.88. The maximum atomic E-state index is 12.7. The van der Waals surface area contributed by atoms with Crippen molar-refractivity contribution in [3.63, 3.8) is 0 Å². The summed E-state index contributed by atoms with van der Waals surface area (Å²) in [7, 11) is -3.95. The van der Waals surface area contributed by atoms with Crippen molar-refractivity contribution >= 4 is 21.7 Å². The minimum atomic E-state index is -3.95. The summed E-state index contributed by atoms with van der Waals surface area (Å²) in [4.78, 5) is 15.4. The number of benzene rings is 2. The van der Waals surface area contributed by atoms with Crippen LogP contribution in [0.25, 0.3) is 11.5 Å². The van der Waals surface area contributed by atoms with Gasteiger partial charge in [0, 0.05) is 11.3 Å². The van der Waals surface area contributed by atoms with E-state index in [0.717, 1.165) is 11.8 Å². The van der Waals surface area contributed by atoms with Crippen LogP contribution in [0.2, 0.25) is 0 Å². The predicted molar refractivity (Wildman–Crippen MR) is 100 cm³/mol. The minimum absolute atomic E-state index is 0.0580. The van der Waals surface area contributed by atoms with E-state index in [2.05, 4.69) is 9.71 Å². The van der Waals surface area contributed by atoms with Crippen molar-refractivity contribution in [3.05, 3.63) is 65.0 Å². The highest BCUT2D eigenvalue weighted by molar-refractivity contribution is 7.92. The van der Waals surface area contributed by atoms with Gasteiger partial charge in [0.15, 0.2) is 0 Å². The number of nitrogens with one attached hydrogen (secondary N) is 1. The smallest absolute Gasteiger partial charge is 0.335 e. The van der Waals surface area contributed by atoms with Crippen LogP contribution >= 0.6 is 0 Å². The average molecular weight is 386 g/mol. The van der Waals surface area contributed by atoms with Crippen molar-refractivity contribution in [1.82, 2.24) is 4.98 Å². The summed E-state index contributed by atoms with van der Waals surface area (Å²) < 4.78 is 33.3. The standard InChI is InChI=1S/C19H18N2O5S/c1-11-7-8-16(10-17(11)19(22)23)27(24,25)21-15-6-4-5-14(9-15)18-20-12(2)13(3)26-18/h4-10,21H,1-3H3,(H,22,23). The SMILES string of the molecule is Cc1ccc(S(=O)(=O)Nc2cccc(-c3nc(C)c(C)o3)c2)cc1C(=O)O. The van der Waals surface area contributed by atoms with E-state index >= 15 is 0 Å². The van der Waals surface area contributed by atoms with Gasteiger partial charge in [-0.1, -0.05) is 12.1 Å². The third-order valence-electron chi connectivity index (χ3n) is 4.14. The quantitative estimate of drug-likeness (QED) is 0.691. The number of carboxylic acid groups (broad SMARTS) is 1. The van der Waals surface area contributed by atoms with Crippen LogP contribution in [0.15, 0.2) is 51.8 Å². The summed E-state index contributed by atoms with van der Waals surface area (Å²) in [6, 6.07) is 10.6. The van der Waals surface area contributed by atoms with Gasteiger partial charge in [0.25, 0.3) is 10.0 Å². The van der Waals surface area contributed by atoms with Gasteiger partial charge in [-0.3, -0.25) is 4.72 Å². The monoisotopic (exact) mass is 386 g/mol. The summed E-state index contributed by atoms with van der Waals surface area (Å²) in [5.41, 5.74) is 2.13. The summed E-state index contributed by atoms with van der Waals surface area (Å²) in [6.07, 6.45) is 0. The summed E-state index contributed by atoms with van der Waals surface area (Å²) >= 11 is 0. The van der Waals surface area contributed by atoms with Gasteiger partial charge in [-0.25, -0.2) is 18.2 Å². The molecule has 0 saturated carbocycles. The second-order valence-corrected chi connectivity index (χ2v) is 7.81. The van der Waals surface area contributed by atoms with E-state index in [1.54, 1.807) is 38.1 Å². The molecular formula is C19H18N2O5S. The van der Waals surface area contributed by atoms with Gasteiger partial charge in [0.1, 0.15) is 5.76 Å². The first-order valence-electron chi connectivity index (χ1n) is 8.08. The number of hydrogen-bond donors (Lipinski definition) is 2. The van der Waals surface area contributed by atoms with Crippen molar-refractivity contribution in [2.24, 2.45) is 0 Å². The number of rotatable bonds is 5. The fourth-order valence-corrected chi connectivity index (χ4v) is 3.60. The molecular weight excluding hydrogens is 368 g/mol. The number of aromatic nitrogens is 1. The molecule has 0 aliphatic carbocycles. The van der Waals surface area contributed by atoms with Crippen molar-refractivity contribution in [2.75, 3.05) is 4.72 Å². The van der Waals surface area contributed by atoms with E-state index in [1.807, 2.05) is 6.92 Å². The van der Waals surface area contributed by atoms with Crippen LogP contribution in [0.3, 0.4) is 0 Å². The zero-order chi connectivity index (χ0) is 19.8. The Hall–Kier alpha value is -3.13. The molecule has 0 aliphatic rings. The number of aryl methyl sites for hydroxylation is 3. The normalized spacial score (nSPS) is 11.4. The highest BCUT2D eigenvalue weighted by Gasteiger charge is 2.18. The lowest BCUT2D eigenvalue weighted by atomic mass is 10.1. The lowest BCUT2D eigenvalue weighted by Crippen LogP contribution is -2.14. The van der Waals surface area contributed by atoms with E-state index in [4.69, 9.17) is 4.42 Å². The first-order valence-corrected chi connectivity index (χ1v) is 9.57. The molecule has 0 saturated heterocycles. The Morgan fingerprint density at radius 1 is 1.11 bits per heavy atom. The molecule has 27 heavy (non-hydrogen) atoms. The first-order chi connectivity index (χ1) is 12.7. The fourth-order valence-electron chi connectivity index (χ4n) is 2.52. The molecule has 0 aliphatic heterocycles. The topological polar surface area (TPSA) is 110 Å². The van der Waals surface area contributed by atoms with E-state index in [0.29, 0.717) is 28.5 Å². The minimum Gasteiger partial charge on any atom is -0.478 e. The van der Waals surface area contributed by atoms with Gasteiger partial charge in [0.2, 0.25) is 5.89 Å². The zero-order valence-electron chi connectivity index (χ0n) is 15.0. The van der Waals surface area contributed by atoms with Crippen LogP contribution < -0.4 is 4.72 Å². The highest BCUT2D eigenvalue weighted by Crippen LogP contribution is 2.26. The molecule has 1 heterocycles. The Bertz CT molecular complexity index is 1110. The maximum Gasteiger partial charge on any atom is 0.335 e. The van der Waals surface area contributed by atoms with E-state index in [1.165, 1.54) is 12.1 Å². The molecule has 0 amide bonds. The number of sulfonamides is 1. The number of hydrogen-bond acceptors (Lipinski definition) is 5. The molecule has 0 spiro atoms. The van der Waals surface area contributed by atoms with Crippen LogP contribution in [-0.2, 0) is 10.0 Å². The van der Waals surface area contributed by atoms with Crippen molar-refractivity contribution in [2.45, 2.75) is 25.7 Å². The van der Waals surface area contributed by atoms with Crippen molar-refractivity contribution < 1.29 is 22.7 Å². The van der Waals surface area contributed by atoms with Crippen LogP contribution in [0.5, 0.6) is 0 Å². The van der Waals surface area contributed by atoms with Gasteiger partial charge >= 0.3 is 5.97 Å². The van der Waals surface area contributed by atoms with Crippen LogP contribution in [0.1, 0.15) is 27.4 Å². The van der Waals surface area contributed by atoms with E-state index in [9.17, 15) is 18.3 Å². The van der Waals surface area contributed by atoms with Gasteiger partial charge in [-0.2, -0.15) is 0 Å². The summed E-state index contributed by atoms with van der Waals surface area (Å²) in [5, 5.41) is 9.20. The average Bonchev–Trinajstić information content (AvgIpc) is 2.94. The maximum absolute atomic E-state index is 12.7. The fraction of sp³-hybridized carbons (Fsp3) is 0.158. The third kappa shape index (κ3) is 3.85. The number of nitrogens with zero attached hydrogens (tertiary/aromatic N) is 1. The van der Waals surface area contributed by atoms with Gasteiger partial charge < -0.3 is 9.52 Å². The Kier molecular flexibility index (Phi) is 4.75. The summed E-state index contributed by atoms with van der Waals surface area (Å²) in [5.74, 6) is -0.0902. The van der Waals surface area contributed by atoms with Crippen LogP contribution in [-0.4, -0.2) is 24.5 Å². The number of anilines is 1. The molecule has 0 bridgehead atoms. The van der Waals surface area contributed by atoms with Gasteiger partial charge in [-0.15, -0.1) is 0 Å². The molecule has 3 rings (SSSR count). The Morgan fingerprint density at radius 2 is 1.85 bits per heavy atom. The number of carbonyl (C=O) groups is 1. The van der Waals surface area contributed by atoms with Crippen molar-refractivity contribution in [3.8, 4) is 11.5 Å². The summed E-state index contributed by atoms with van der Waals surface area (Å²) in [6.45, 7) is 5.24. The van der Waals surface area contributed by atoms with E-state index in [-0.39, 0.29) is 10.5 Å². The Labute approximate surface area is 156 Å². The van der Waals surface area contributed by atoms with Gasteiger partial charge in [0.05, 0.1) is 16.2 Å².